The average Bonchev–Trinajstić information content (AvgIpc) is 2.84. The Bertz CT molecular complexity index is 1450. The van der Waals surface area contributed by atoms with Crippen molar-refractivity contribution in [3.8, 4) is 11.8 Å². The standard InChI is InChI=1S/C29H23BrN2O2/c1-19-7-5-12-27(20(19)2)32-29(33)24(17-31)15-21-13-14-28(26(30)16-21)34-18-23-10-6-9-22-8-3-4-11-25(22)23/h3-16H,18H2,1-2H3,(H,32,33)/b24-15+. The first-order valence-electron chi connectivity index (χ1n) is 10.8. The normalized spacial score (nSPS) is 11.2. The summed E-state index contributed by atoms with van der Waals surface area (Å²) in [6.07, 6.45) is 1.57. The maximum atomic E-state index is 12.7. The number of amides is 1. The monoisotopic (exact) mass is 510 g/mol. The van der Waals surface area contributed by atoms with Gasteiger partial charge in [0.25, 0.3) is 5.91 Å². The van der Waals surface area contributed by atoms with Crippen LogP contribution >= 0.6 is 15.9 Å². The van der Waals surface area contributed by atoms with Crippen LogP contribution in [0.5, 0.6) is 5.75 Å². The van der Waals surface area contributed by atoms with Crippen molar-refractivity contribution in [1.82, 2.24) is 0 Å². The van der Waals surface area contributed by atoms with Crippen LogP contribution in [0.15, 0.2) is 88.9 Å². The van der Waals surface area contributed by atoms with Gasteiger partial charge >= 0.3 is 0 Å². The average molecular weight is 511 g/mol. The zero-order valence-electron chi connectivity index (χ0n) is 18.9. The van der Waals surface area contributed by atoms with Crippen molar-refractivity contribution in [2.45, 2.75) is 20.5 Å². The number of nitrogens with zero attached hydrogens (tertiary/aromatic N) is 1. The van der Waals surface area contributed by atoms with Gasteiger partial charge < -0.3 is 10.1 Å². The van der Waals surface area contributed by atoms with Crippen LogP contribution in [0.4, 0.5) is 5.69 Å². The summed E-state index contributed by atoms with van der Waals surface area (Å²) in [6, 6.07) is 27.6. The summed E-state index contributed by atoms with van der Waals surface area (Å²) in [5, 5.41) is 14.7. The van der Waals surface area contributed by atoms with Crippen molar-refractivity contribution in [3.63, 3.8) is 0 Å². The molecule has 1 N–H and O–H groups in total. The summed E-state index contributed by atoms with van der Waals surface area (Å²) in [5.74, 6) is 0.243. The lowest BCUT2D eigenvalue weighted by Crippen LogP contribution is -2.14. The molecule has 0 atom stereocenters. The van der Waals surface area contributed by atoms with Gasteiger partial charge in [-0.1, -0.05) is 60.7 Å². The van der Waals surface area contributed by atoms with Gasteiger partial charge in [-0.2, -0.15) is 5.26 Å². The molecule has 4 aromatic carbocycles. The molecule has 4 rings (SSSR count). The fraction of sp³-hybridized carbons (Fsp3) is 0.103. The fourth-order valence-corrected chi connectivity index (χ4v) is 4.20. The molecule has 0 aliphatic carbocycles. The quantitative estimate of drug-likeness (QED) is 0.218. The highest BCUT2D eigenvalue weighted by Gasteiger charge is 2.12. The first kappa shape index (κ1) is 23.3. The number of anilines is 1. The minimum absolute atomic E-state index is 0.0252. The van der Waals surface area contributed by atoms with Gasteiger partial charge in [-0.05, 0) is 87.1 Å². The van der Waals surface area contributed by atoms with E-state index in [-0.39, 0.29) is 5.57 Å². The maximum Gasteiger partial charge on any atom is 0.266 e. The molecule has 0 aliphatic rings. The third-order valence-electron chi connectivity index (χ3n) is 5.75. The molecule has 5 heteroatoms. The highest BCUT2D eigenvalue weighted by molar-refractivity contribution is 9.10. The second-order valence-electron chi connectivity index (χ2n) is 7.99. The summed E-state index contributed by atoms with van der Waals surface area (Å²) in [5.41, 5.74) is 4.59. The van der Waals surface area contributed by atoms with Gasteiger partial charge in [0.2, 0.25) is 0 Å². The van der Waals surface area contributed by atoms with Gasteiger partial charge in [0.05, 0.1) is 4.47 Å². The van der Waals surface area contributed by atoms with E-state index in [1.807, 2.05) is 74.5 Å². The van der Waals surface area contributed by atoms with Crippen molar-refractivity contribution in [3.05, 3.63) is 111 Å². The van der Waals surface area contributed by atoms with Crippen LogP contribution in [0.25, 0.3) is 16.8 Å². The molecule has 0 spiro atoms. The second kappa shape index (κ2) is 10.4. The smallest absolute Gasteiger partial charge is 0.266 e. The minimum atomic E-state index is -0.441. The minimum Gasteiger partial charge on any atom is -0.488 e. The number of fused-ring (bicyclic) bond motifs is 1. The maximum absolute atomic E-state index is 12.7. The zero-order chi connectivity index (χ0) is 24.1. The van der Waals surface area contributed by atoms with Crippen LogP contribution < -0.4 is 10.1 Å². The summed E-state index contributed by atoms with van der Waals surface area (Å²) >= 11 is 3.55. The molecule has 4 aromatic rings. The first-order chi connectivity index (χ1) is 16.5. The summed E-state index contributed by atoms with van der Waals surface area (Å²) in [6.45, 7) is 4.35. The number of hydrogen-bond donors (Lipinski definition) is 1. The Hall–Kier alpha value is -3.88. The number of halogens is 1. The van der Waals surface area contributed by atoms with Crippen LogP contribution in [-0.2, 0) is 11.4 Å². The second-order valence-corrected chi connectivity index (χ2v) is 8.84. The van der Waals surface area contributed by atoms with Crippen molar-refractivity contribution < 1.29 is 9.53 Å². The zero-order valence-corrected chi connectivity index (χ0v) is 20.5. The van der Waals surface area contributed by atoms with Crippen molar-refractivity contribution in [2.24, 2.45) is 0 Å². The van der Waals surface area contributed by atoms with E-state index in [0.29, 0.717) is 18.0 Å². The highest BCUT2D eigenvalue weighted by Crippen LogP contribution is 2.29. The van der Waals surface area contributed by atoms with Crippen LogP contribution in [0.1, 0.15) is 22.3 Å². The van der Waals surface area contributed by atoms with E-state index >= 15 is 0 Å². The number of aryl methyl sites for hydroxylation is 1. The van der Waals surface area contributed by atoms with Gasteiger partial charge in [-0.3, -0.25) is 4.79 Å². The lowest BCUT2D eigenvalue weighted by molar-refractivity contribution is -0.112. The molecule has 4 nitrogen and oxygen atoms in total. The number of benzene rings is 4. The lowest BCUT2D eigenvalue weighted by Gasteiger charge is -2.11. The number of carbonyl (C=O) groups excluding carboxylic acids is 1. The molecule has 0 heterocycles. The molecular formula is C29H23BrN2O2. The highest BCUT2D eigenvalue weighted by atomic mass is 79.9. The summed E-state index contributed by atoms with van der Waals surface area (Å²) in [7, 11) is 0. The van der Waals surface area contributed by atoms with Gasteiger partial charge in [-0.25, -0.2) is 0 Å². The molecule has 1 amide bonds. The van der Waals surface area contributed by atoms with Crippen LogP contribution in [0.3, 0.4) is 0 Å². The number of rotatable bonds is 6. The van der Waals surface area contributed by atoms with Gasteiger partial charge in [0.1, 0.15) is 24.0 Å². The predicted octanol–water partition coefficient (Wildman–Crippen LogP) is 7.34. The van der Waals surface area contributed by atoms with E-state index in [1.54, 1.807) is 6.08 Å². The van der Waals surface area contributed by atoms with Crippen LogP contribution in [0.2, 0.25) is 0 Å². The lowest BCUT2D eigenvalue weighted by atomic mass is 10.1. The third-order valence-corrected chi connectivity index (χ3v) is 6.37. The number of ether oxygens (including phenoxy) is 1. The SMILES string of the molecule is Cc1cccc(NC(=O)/C(C#N)=C/c2ccc(OCc3cccc4ccccc34)c(Br)c2)c1C. The molecule has 0 bridgehead atoms. The Balaban J connectivity index is 1.49. The fourth-order valence-electron chi connectivity index (χ4n) is 3.69. The van der Waals surface area contributed by atoms with Crippen molar-refractivity contribution in [2.75, 3.05) is 5.32 Å². The largest absolute Gasteiger partial charge is 0.488 e. The van der Waals surface area contributed by atoms with E-state index in [9.17, 15) is 10.1 Å². The predicted molar refractivity (Wildman–Crippen MR) is 141 cm³/mol. The first-order valence-corrected chi connectivity index (χ1v) is 11.6. The van der Waals surface area contributed by atoms with E-state index < -0.39 is 5.91 Å². The molecule has 0 saturated heterocycles. The number of hydrogen-bond acceptors (Lipinski definition) is 3. The van der Waals surface area contributed by atoms with E-state index in [4.69, 9.17) is 4.74 Å². The van der Waals surface area contributed by atoms with Gasteiger partial charge in [0, 0.05) is 5.69 Å². The summed E-state index contributed by atoms with van der Waals surface area (Å²) < 4.78 is 6.80. The van der Waals surface area contributed by atoms with E-state index in [2.05, 4.69) is 45.5 Å². The topological polar surface area (TPSA) is 62.1 Å². The number of nitriles is 1. The Morgan fingerprint density at radius 2 is 1.79 bits per heavy atom. The molecule has 34 heavy (non-hydrogen) atoms. The van der Waals surface area contributed by atoms with Gasteiger partial charge in [0.15, 0.2) is 0 Å². The molecule has 0 radical (unpaired) electrons. The molecule has 168 valence electrons. The van der Waals surface area contributed by atoms with E-state index in [0.717, 1.165) is 32.1 Å². The molecular weight excluding hydrogens is 488 g/mol. The molecule has 0 aromatic heterocycles. The van der Waals surface area contributed by atoms with Crippen LogP contribution in [-0.4, -0.2) is 5.91 Å². The number of nitrogens with one attached hydrogen (secondary N) is 1. The molecule has 0 saturated carbocycles. The van der Waals surface area contributed by atoms with Crippen molar-refractivity contribution >= 4 is 44.4 Å². The Kier molecular flexibility index (Phi) is 7.10. The molecule has 0 fully saturated rings. The Morgan fingerprint density at radius 3 is 2.59 bits per heavy atom. The molecule has 0 aliphatic heterocycles. The Labute approximate surface area is 207 Å². The molecule has 0 unspecified atom stereocenters. The van der Waals surface area contributed by atoms with Crippen LogP contribution in [0, 0.1) is 25.2 Å². The van der Waals surface area contributed by atoms with E-state index in [1.165, 1.54) is 5.39 Å². The third kappa shape index (κ3) is 5.19. The van der Waals surface area contributed by atoms with Crippen molar-refractivity contribution in [1.29, 1.82) is 5.26 Å². The van der Waals surface area contributed by atoms with Gasteiger partial charge in [-0.15, -0.1) is 0 Å². The number of carbonyl (C=O) groups is 1. The Morgan fingerprint density at radius 1 is 1.03 bits per heavy atom. The summed E-state index contributed by atoms with van der Waals surface area (Å²) in [4.78, 5) is 12.7.